The number of carboxylic acid groups (broad SMARTS) is 1. The van der Waals surface area contributed by atoms with Gasteiger partial charge in [0.05, 0.1) is 19.6 Å². The molecule has 8 heteroatoms. The van der Waals surface area contributed by atoms with E-state index < -0.39 is 5.97 Å². The number of fused-ring (bicyclic) bond motifs is 1. The number of anilines is 1. The third kappa shape index (κ3) is 8.15. The number of aromatic nitrogens is 1. The van der Waals surface area contributed by atoms with Crippen LogP contribution in [-0.4, -0.2) is 80.7 Å². The normalized spacial score (nSPS) is 18.4. The molecule has 0 radical (unpaired) electrons. The number of carboxylic acids is 1. The van der Waals surface area contributed by atoms with E-state index in [1.54, 1.807) is 14.2 Å². The minimum Gasteiger partial charge on any atom is -0.486 e. The predicted molar refractivity (Wildman–Crippen MR) is 144 cm³/mol. The van der Waals surface area contributed by atoms with E-state index in [1.165, 1.54) is 12.0 Å². The summed E-state index contributed by atoms with van der Waals surface area (Å²) in [6, 6.07) is 12.2. The topological polar surface area (TPSA) is 93.2 Å². The molecule has 8 nitrogen and oxygen atoms in total. The van der Waals surface area contributed by atoms with Crippen LogP contribution in [0.25, 0.3) is 0 Å². The molecule has 0 spiro atoms. The first kappa shape index (κ1) is 27.4. The highest BCUT2D eigenvalue weighted by atomic mass is 16.6. The first-order chi connectivity index (χ1) is 18.0. The zero-order valence-corrected chi connectivity index (χ0v) is 22.2. The van der Waals surface area contributed by atoms with E-state index in [-0.39, 0.29) is 18.4 Å². The average Bonchev–Trinajstić information content (AvgIpc) is 3.34. The number of aliphatic carboxylic acids is 1. The van der Waals surface area contributed by atoms with Gasteiger partial charge >= 0.3 is 5.97 Å². The molecule has 1 fully saturated rings. The van der Waals surface area contributed by atoms with E-state index in [0.29, 0.717) is 24.9 Å². The zero-order valence-electron chi connectivity index (χ0n) is 22.2. The van der Waals surface area contributed by atoms with Gasteiger partial charge in [0.1, 0.15) is 17.7 Å². The number of carbonyl (C=O) groups is 1. The Morgan fingerprint density at radius 1 is 1.22 bits per heavy atom. The number of nitrogens with one attached hydrogen (secondary N) is 1. The lowest BCUT2D eigenvalue weighted by Crippen LogP contribution is -2.28. The molecule has 2 aliphatic rings. The molecule has 4 rings (SSSR count). The molecule has 2 N–H and O–H groups in total. The summed E-state index contributed by atoms with van der Waals surface area (Å²) in [5.41, 5.74) is 3.48. The summed E-state index contributed by atoms with van der Waals surface area (Å²) in [5.74, 6) is 1.50. The van der Waals surface area contributed by atoms with Crippen LogP contribution in [-0.2, 0) is 27.1 Å². The molecular formula is C29H41N3O5. The Bertz CT molecular complexity index is 1010. The van der Waals surface area contributed by atoms with Crippen molar-refractivity contribution in [3.8, 4) is 5.75 Å². The standard InChI is InChI=1S/C29H41N3O5/c1-35-19-27(20-36-2)37-26-7-3-5-23(15-26)24(16-28(33)34)18-32-14-12-21(17-32)8-10-25-11-9-22-6-4-13-30-29(22)31-25/h3,5,7,9,11,15,21,24,27H,4,6,8,10,12-14,16-20H2,1-2H3,(H,30,31)(H,33,34)/t21-,24?/m1/s1. The first-order valence-corrected chi connectivity index (χ1v) is 13.4. The lowest BCUT2D eigenvalue weighted by atomic mass is 9.94. The van der Waals surface area contributed by atoms with E-state index in [4.69, 9.17) is 19.2 Å². The quantitative estimate of drug-likeness (QED) is 0.393. The molecule has 0 bridgehead atoms. The van der Waals surface area contributed by atoms with Gasteiger partial charge in [0, 0.05) is 45.5 Å². The minimum atomic E-state index is -0.782. The van der Waals surface area contributed by atoms with Gasteiger partial charge in [0.25, 0.3) is 0 Å². The summed E-state index contributed by atoms with van der Waals surface area (Å²) in [6.45, 7) is 4.58. The molecule has 2 atom stereocenters. The van der Waals surface area contributed by atoms with Crippen molar-refractivity contribution in [2.75, 3.05) is 58.9 Å². The average molecular weight is 512 g/mol. The van der Waals surface area contributed by atoms with Gasteiger partial charge in [-0.05, 0) is 73.9 Å². The second-order valence-corrected chi connectivity index (χ2v) is 10.3. The zero-order chi connectivity index (χ0) is 26.0. The highest BCUT2D eigenvalue weighted by Crippen LogP contribution is 2.29. The maximum atomic E-state index is 11.7. The Kier molecular flexibility index (Phi) is 10.2. The summed E-state index contributed by atoms with van der Waals surface area (Å²) >= 11 is 0. The van der Waals surface area contributed by atoms with Crippen LogP contribution in [0.2, 0.25) is 0 Å². The molecule has 1 aromatic carbocycles. The van der Waals surface area contributed by atoms with E-state index in [0.717, 1.165) is 68.9 Å². The van der Waals surface area contributed by atoms with Crippen LogP contribution in [0.4, 0.5) is 5.82 Å². The summed E-state index contributed by atoms with van der Waals surface area (Å²) in [4.78, 5) is 19.0. The van der Waals surface area contributed by atoms with Crippen molar-refractivity contribution in [1.82, 2.24) is 9.88 Å². The Hall–Kier alpha value is -2.68. The van der Waals surface area contributed by atoms with E-state index in [2.05, 4.69) is 22.3 Å². The van der Waals surface area contributed by atoms with Gasteiger partial charge in [-0.3, -0.25) is 4.79 Å². The Morgan fingerprint density at radius 3 is 2.84 bits per heavy atom. The molecule has 0 aliphatic carbocycles. The van der Waals surface area contributed by atoms with Crippen molar-refractivity contribution in [1.29, 1.82) is 0 Å². The fourth-order valence-electron chi connectivity index (χ4n) is 5.51. The van der Waals surface area contributed by atoms with Crippen molar-refractivity contribution < 1.29 is 24.1 Å². The van der Waals surface area contributed by atoms with Crippen LogP contribution in [0.15, 0.2) is 36.4 Å². The summed E-state index contributed by atoms with van der Waals surface area (Å²) in [6.07, 6.45) is 5.39. The number of pyridine rings is 1. The van der Waals surface area contributed by atoms with Gasteiger partial charge in [0.2, 0.25) is 0 Å². The van der Waals surface area contributed by atoms with E-state index in [9.17, 15) is 9.90 Å². The number of rotatable bonds is 14. The second-order valence-electron chi connectivity index (χ2n) is 10.3. The Labute approximate surface area is 220 Å². The smallest absolute Gasteiger partial charge is 0.304 e. The highest BCUT2D eigenvalue weighted by Gasteiger charge is 2.27. The number of benzene rings is 1. The first-order valence-electron chi connectivity index (χ1n) is 13.4. The molecule has 37 heavy (non-hydrogen) atoms. The van der Waals surface area contributed by atoms with Crippen molar-refractivity contribution in [2.24, 2.45) is 5.92 Å². The predicted octanol–water partition coefficient (Wildman–Crippen LogP) is 3.99. The SMILES string of the molecule is COCC(COC)Oc1cccc(C(CC(=O)O)CN2CC[C@@H](CCc3ccc4c(n3)NCCC4)C2)c1. The van der Waals surface area contributed by atoms with Crippen molar-refractivity contribution in [2.45, 2.75) is 50.5 Å². The maximum Gasteiger partial charge on any atom is 0.304 e. The maximum absolute atomic E-state index is 11.7. The molecule has 1 aromatic heterocycles. The van der Waals surface area contributed by atoms with E-state index in [1.807, 2.05) is 24.3 Å². The third-order valence-corrected chi connectivity index (χ3v) is 7.37. The number of hydrogen-bond donors (Lipinski definition) is 2. The van der Waals surface area contributed by atoms with Crippen LogP contribution in [0.3, 0.4) is 0 Å². The van der Waals surface area contributed by atoms with Crippen LogP contribution in [0.1, 0.15) is 48.4 Å². The summed E-state index contributed by atoms with van der Waals surface area (Å²) in [5, 5.41) is 13.1. The molecule has 2 aromatic rings. The van der Waals surface area contributed by atoms with E-state index >= 15 is 0 Å². The van der Waals surface area contributed by atoms with Crippen molar-refractivity contribution >= 4 is 11.8 Å². The Morgan fingerprint density at radius 2 is 2.05 bits per heavy atom. The molecule has 202 valence electrons. The molecular weight excluding hydrogens is 470 g/mol. The van der Waals surface area contributed by atoms with Gasteiger partial charge in [0.15, 0.2) is 0 Å². The number of hydrogen-bond acceptors (Lipinski definition) is 7. The molecule has 0 saturated carbocycles. The molecule has 3 heterocycles. The third-order valence-electron chi connectivity index (χ3n) is 7.37. The van der Waals surface area contributed by atoms with Gasteiger partial charge in [-0.15, -0.1) is 0 Å². The fourth-order valence-corrected chi connectivity index (χ4v) is 5.51. The second kappa shape index (κ2) is 13.7. The van der Waals surface area contributed by atoms with Gasteiger partial charge in [-0.2, -0.15) is 0 Å². The molecule has 1 saturated heterocycles. The van der Waals surface area contributed by atoms with Crippen LogP contribution in [0, 0.1) is 5.92 Å². The highest BCUT2D eigenvalue weighted by molar-refractivity contribution is 5.68. The Balaban J connectivity index is 1.33. The number of aryl methyl sites for hydroxylation is 2. The van der Waals surface area contributed by atoms with Gasteiger partial charge in [-0.25, -0.2) is 4.98 Å². The number of ether oxygens (including phenoxy) is 3. The van der Waals surface area contributed by atoms with Crippen LogP contribution >= 0.6 is 0 Å². The largest absolute Gasteiger partial charge is 0.486 e. The van der Waals surface area contributed by atoms with Crippen molar-refractivity contribution in [3.63, 3.8) is 0 Å². The number of likely N-dealkylation sites (tertiary alicyclic amines) is 1. The van der Waals surface area contributed by atoms with Gasteiger partial charge in [-0.1, -0.05) is 18.2 Å². The van der Waals surface area contributed by atoms with Crippen LogP contribution in [0.5, 0.6) is 5.75 Å². The lowest BCUT2D eigenvalue weighted by molar-refractivity contribution is -0.137. The molecule has 1 unspecified atom stereocenters. The van der Waals surface area contributed by atoms with Crippen LogP contribution < -0.4 is 10.1 Å². The number of methoxy groups -OCH3 is 2. The summed E-state index contributed by atoms with van der Waals surface area (Å²) < 4.78 is 16.5. The molecule has 2 aliphatic heterocycles. The van der Waals surface area contributed by atoms with Crippen molar-refractivity contribution in [3.05, 3.63) is 53.2 Å². The lowest BCUT2D eigenvalue weighted by Gasteiger charge is -2.24. The summed E-state index contributed by atoms with van der Waals surface area (Å²) in [7, 11) is 3.27. The minimum absolute atomic E-state index is 0.0935. The van der Waals surface area contributed by atoms with Gasteiger partial charge < -0.3 is 29.5 Å². The number of nitrogens with zero attached hydrogens (tertiary/aromatic N) is 2. The molecule has 0 amide bonds. The fraction of sp³-hybridized carbons (Fsp3) is 0.586. The monoisotopic (exact) mass is 511 g/mol.